The van der Waals surface area contributed by atoms with Gasteiger partial charge in [-0.3, -0.25) is 4.99 Å². The van der Waals surface area contributed by atoms with Crippen LogP contribution in [0.25, 0.3) is 0 Å². The fourth-order valence-corrected chi connectivity index (χ4v) is 5.67. The topological polar surface area (TPSA) is 79.8 Å². The van der Waals surface area contributed by atoms with Crippen LogP contribution < -0.4 is 10.6 Å². The lowest BCUT2D eigenvalue weighted by atomic mass is 9.83. The van der Waals surface area contributed by atoms with Gasteiger partial charge in [-0.1, -0.05) is 38.0 Å². The van der Waals surface area contributed by atoms with Crippen molar-refractivity contribution in [3.8, 4) is 0 Å². The molecule has 6 nitrogen and oxygen atoms in total. The molecule has 0 radical (unpaired) electrons. The number of halogens is 1. The molecular formula is C23H40IN3O3S. The number of benzene rings is 1. The van der Waals surface area contributed by atoms with E-state index in [-0.39, 0.29) is 41.2 Å². The van der Waals surface area contributed by atoms with Crippen LogP contribution in [0.3, 0.4) is 0 Å². The molecule has 8 heteroatoms. The normalized spacial score (nSPS) is 17.1. The predicted octanol–water partition coefficient (Wildman–Crippen LogP) is 4.40. The van der Waals surface area contributed by atoms with Gasteiger partial charge in [0.2, 0.25) is 0 Å². The van der Waals surface area contributed by atoms with Crippen molar-refractivity contribution < 1.29 is 13.2 Å². The van der Waals surface area contributed by atoms with E-state index in [4.69, 9.17) is 9.73 Å². The molecule has 1 aromatic carbocycles. The second-order valence-corrected chi connectivity index (χ2v) is 10.2. The van der Waals surface area contributed by atoms with Crippen molar-refractivity contribution in [2.45, 2.75) is 70.2 Å². The van der Waals surface area contributed by atoms with Crippen LogP contribution in [0, 0.1) is 5.41 Å². The molecule has 1 atom stereocenters. The van der Waals surface area contributed by atoms with Gasteiger partial charge in [-0.15, -0.1) is 24.0 Å². The second kappa shape index (κ2) is 14.3. The van der Waals surface area contributed by atoms with Crippen LogP contribution in [0.2, 0.25) is 0 Å². The second-order valence-electron chi connectivity index (χ2n) is 8.19. The molecule has 31 heavy (non-hydrogen) atoms. The van der Waals surface area contributed by atoms with Crippen LogP contribution in [0.1, 0.15) is 59.3 Å². The third-order valence-corrected chi connectivity index (χ3v) is 7.75. The van der Waals surface area contributed by atoms with Gasteiger partial charge in [0, 0.05) is 32.3 Å². The molecule has 1 unspecified atom stereocenters. The van der Waals surface area contributed by atoms with Crippen LogP contribution in [-0.4, -0.2) is 52.5 Å². The summed E-state index contributed by atoms with van der Waals surface area (Å²) in [5.41, 5.74) is 0.204. The van der Waals surface area contributed by atoms with Crippen LogP contribution in [0.5, 0.6) is 0 Å². The number of aliphatic imine (C=N–C) groups is 1. The Bertz CT molecular complexity index is 751. The Morgan fingerprint density at radius 2 is 1.84 bits per heavy atom. The third-order valence-electron chi connectivity index (χ3n) is 5.92. The van der Waals surface area contributed by atoms with Crippen molar-refractivity contribution in [2.24, 2.45) is 10.4 Å². The molecule has 0 aromatic heterocycles. The molecule has 0 bridgehead atoms. The smallest absolute Gasteiger partial charge is 0.191 e. The fourth-order valence-electron chi connectivity index (χ4n) is 4.06. The highest BCUT2D eigenvalue weighted by Crippen LogP contribution is 2.41. The lowest BCUT2D eigenvalue weighted by Crippen LogP contribution is -2.46. The standard InChI is InChI=1S/C23H39N3O3S.HI/c1-4-20(18-30(27,28)21-12-8-7-9-13-21)26-22(24-5-2)25-19-23(14-10-11-15-23)16-17-29-6-3;/h7-9,12-13,20H,4-6,10-11,14-19H2,1-3H3,(H2,24,25,26);1H. The lowest BCUT2D eigenvalue weighted by Gasteiger charge is -2.28. The summed E-state index contributed by atoms with van der Waals surface area (Å²) in [7, 11) is -3.35. The summed E-state index contributed by atoms with van der Waals surface area (Å²) in [6.07, 6.45) is 6.59. The Kier molecular flexibility index (Phi) is 13.0. The molecule has 0 saturated heterocycles. The van der Waals surface area contributed by atoms with Crippen molar-refractivity contribution in [3.63, 3.8) is 0 Å². The largest absolute Gasteiger partial charge is 0.382 e. The highest BCUT2D eigenvalue weighted by atomic mass is 127. The van der Waals surface area contributed by atoms with Gasteiger partial charge < -0.3 is 15.4 Å². The molecular weight excluding hydrogens is 525 g/mol. The fraction of sp³-hybridized carbons (Fsp3) is 0.696. The van der Waals surface area contributed by atoms with Gasteiger partial charge in [-0.25, -0.2) is 8.42 Å². The van der Waals surface area contributed by atoms with Gasteiger partial charge in [-0.2, -0.15) is 0 Å². The van der Waals surface area contributed by atoms with E-state index in [2.05, 4.69) is 10.6 Å². The minimum atomic E-state index is -3.35. The molecule has 0 heterocycles. The quantitative estimate of drug-likeness (QED) is 0.170. The Morgan fingerprint density at radius 1 is 1.16 bits per heavy atom. The number of hydrogen-bond donors (Lipinski definition) is 2. The van der Waals surface area contributed by atoms with Crippen molar-refractivity contribution in [1.82, 2.24) is 10.6 Å². The first-order valence-electron chi connectivity index (χ1n) is 11.3. The number of guanidine groups is 1. The maximum absolute atomic E-state index is 12.8. The van der Waals surface area contributed by atoms with Crippen molar-refractivity contribution in [2.75, 3.05) is 32.1 Å². The van der Waals surface area contributed by atoms with Crippen LogP contribution in [0.15, 0.2) is 40.2 Å². The highest BCUT2D eigenvalue weighted by Gasteiger charge is 2.33. The molecule has 178 valence electrons. The summed E-state index contributed by atoms with van der Waals surface area (Å²) in [6, 6.07) is 8.46. The monoisotopic (exact) mass is 565 g/mol. The summed E-state index contributed by atoms with van der Waals surface area (Å²) < 4.78 is 31.2. The molecule has 1 aliphatic rings. The van der Waals surface area contributed by atoms with Gasteiger partial charge in [0.05, 0.1) is 10.6 Å². The third kappa shape index (κ3) is 9.26. The first-order valence-corrected chi connectivity index (χ1v) is 13.0. The van der Waals surface area contributed by atoms with Gasteiger partial charge in [-0.05, 0) is 57.1 Å². The van der Waals surface area contributed by atoms with E-state index in [0.717, 1.165) is 32.7 Å². The molecule has 1 aromatic rings. The van der Waals surface area contributed by atoms with Crippen LogP contribution in [0.4, 0.5) is 0 Å². The Labute approximate surface area is 206 Å². The van der Waals surface area contributed by atoms with E-state index in [0.29, 0.717) is 17.3 Å². The van der Waals surface area contributed by atoms with Gasteiger partial charge in [0.1, 0.15) is 0 Å². The van der Waals surface area contributed by atoms with Crippen LogP contribution >= 0.6 is 24.0 Å². The molecule has 0 amide bonds. The Morgan fingerprint density at radius 3 is 2.42 bits per heavy atom. The molecule has 1 saturated carbocycles. The van der Waals surface area contributed by atoms with Crippen molar-refractivity contribution >= 4 is 39.8 Å². The average molecular weight is 566 g/mol. The number of ether oxygens (including phenoxy) is 1. The minimum Gasteiger partial charge on any atom is -0.382 e. The van der Waals surface area contributed by atoms with Gasteiger partial charge >= 0.3 is 0 Å². The summed E-state index contributed by atoms with van der Waals surface area (Å²) in [5.74, 6) is 0.753. The number of nitrogens with zero attached hydrogens (tertiary/aromatic N) is 1. The average Bonchev–Trinajstić information content (AvgIpc) is 3.21. The lowest BCUT2D eigenvalue weighted by molar-refractivity contribution is 0.107. The maximum atomic E-state index is 12.8. The first-order chi connectivity index (χ1) is 14.4. The summed E-state index contributed by atoms with van der Waals surface area (Å²) in [6.45, 7) is 9.07. The first kappa shape index (κ1) is 28.2. The number of rotatable bonds is 12. The zero-order chi connectivity index (χ0) is 21.9. The molecule has 1 fully saturated rings. The maximum Gasteiger partial charge on any atom is 0.191 e. The van der Waals surface area contributed by atoms with E-state index >= 15 is 0 Å². The SMILES string of the molecule is CCNC(=NCC1(CCOCC)CCCC1)NC(CC)CS(=O)(=O)c1ccccc1.I. The van der Waals surface area contributed by atoms with E-state index in [1.54, 1.807) is 24.3 Å². The van der Waals surface area contributed by atoms with E-state index in [1.165, 1.54) is 25.7 Å². The summed E-state index contributed by atoms with van der Waals surface area (Å²) in [5, 5.41) is 6.66. The number of hydrogen-bond acceptors (Lipinski definition) is 4. The Balaban J connectivity index is 0.00000480. The summed E-state index contributed by atoms with van der Waals surface area (Å²) in [4.78, 5) is 5.25. The Hall–Kier alpha value is -0.870. The molecule has 2 rings (SSSR count). The minimum absolute atomic E-state index is 0. The van der Waals surface area contributed by atoms with E-state index in [9.17, 15) is 8.42 Å². The zero-order valence-corrected chi connectivity index (χ0v) is 22.4. The molecule has 0 spiro atoms. The number of sulfone groups is 1. The summed E-state index contributed by atoms with van der Waals surface area (Å²) >= 11 is 0. The van der Waals surface area contributed by atoms with E-state index < -0.39 is 9.84 Å². The molecule has 0 aliphatic heterocycles. The molecule has 2 N–H and O–H groups in total. The predicted molar refractivity (Wildman–Crippen MR) is 139 cm³/mol. The molecule has 1 aliphatic carbocycles. The van der Waals surface area contributed by atoms with Crippen molar-refractivity contribution in [3.05, 3.63) is 30.3 Å². The van der Waals surface area contributed by atoms with Gasteiger partial charge in [0.25, 0.3) is 0 Å². The van der Waals surface area contributed by atoms with Gasteiger partial charge in [0.15, 0.2) is 15.8 Å². The van der Waals surface area contributed by atoms with E-state index in [1.807, 2.05) is 26.8 Å². The number of nitrogens with one attached hydrogen (secondary N) is 2. The zero-order valence-electron chi connectivity index (χ0n) is 19.2. The highest BCUT2D eigenvalue weighted by molar-refractivity contribution is 14.0. The van der Waals surface area contributed by atoms with Crippen molar-refractivity contribution in [1.29, 1.82) is 0 Å². The van der Waals surface area contributed by atoms with Crippen LogP contribution in [-0.2, 0) is 14.6 Å².